The van der Waals surface area contributed by atoms with Crippen LogP contribution in [-0.2, 0) is 24.1 Å². The summed E-state index contributed by atoms with van der Waals surface area (Å²) in [6.07, 6.45) is 6.92. The fraction of sp³-hybridized carbons (Fsp3) is 0.545. The number of rotatable bonds is 6. The quantitative estimate of drug-likeness (QED) is 0.831. The van der Waals surface area contributed by atoms with Gasteiger partial charge in [-0.3, -0.25) is 9.78 Å². The van der Waals surface area contributed by atoms with Crippen LogP contribution in [0.4, 0.5) is 5.82 Å². The number of aromatic nitrogens is 3. The van der Waals surface area contributed by atoms with Gasteiger partial charge in [-0.25, -0.2) is 9.97 Å². The number of fused-ring (bicyclic) bond motifs is 1. The average Bonchev–Trinajstić information content (AvgIpc) is 3.08. The topological polar surface area (TPSA) is 71.0 Å². The van der Waals surface area contributed by atoms with E-state index < -0.39 is 0 Å². The number of hydrogen-bond donors (Lipinski definition) is 1. The summed E-state index contributed by atoms with van der Waals surface area (Å²) < 4.78 is 0. The van der Waals surface area contributed by atoms with Gasteiger partial charge in [-0.1, -0.05) is 13.3 Å². The number of anilines is 1. The minimum atomic E-state index is -0.250. The molecule has 0 bridgehead atoms. The van der Waals surface area contributed by atoms with Crippen LogP contribution in [0.3, 0.4) is 0 Å². The van der Waals surface area contributed by atoms with Gasteiger partial charge in [-0.15, -0.1) is 0 Å². The molecule has 2 aromatic rings. The van der Waals surface area contributed by atoms with Crippen molar-refractivity contribution in [2.24, 2.45) is 0 Å². The largest absolute Gasteiger partial charge is 0.350 e. The molecular formula is C22H31N5O. The maximum atomic E-state index is 12.4. The second kappa shape index (κ2) is 8.25. The average molecular weight is 382 g/mol. The van der Waals surface area contributed by atoms with Crippen molar-refractivity contribution in [1.82, 2.24) is 20.3 Å². The molecule has 1 aliphatic rings. The van der Waals surface area contributed by atoms with Crippen molar-refractivity contribution < 1.29 is 4.79 Å². The van der Waals surface area contributed by atoms with Gasteiger partial charge in [0, 0.05) is 30.0 Å². The molecule has 0 unspecified atom stereocenters. The number of likely N-dealkylation sites (N-methyl/N-ethyl adjacent to an activating group) is 1. The molecule has 0 atom stereocenters. The van der Waals surface area contributed by atoms with E-state index in [9.17, 15) is 4.79 Å². The molecule has 0 saturated heterocycles. The Balaban J connectivity index is 1.91. The number of hydrogen-bond acceptors (Lipinski definition) is 5. The Kier molecular flexibility index (Phi) is 5.96. The van der Waals surface area contributed by atoms with Crippen molar-refractivity contribution in [1.29, 1.82) is 0 Å². The van der Waals surface area contributed by atoms with Crippen LogP contribution in [0.25, 0.3) is 11.5 Å². The van der Waals surface area contributed by atoms with E-state index in [4.69, 9.17) is 9.97 Å². The Morgan fingerprint density at radius 3 is 2.75 bits per heavy atom. The highest BCUT2D eigenvalue weighted by Gasteiger charge is 2.24. The molecule has 150 valence electrons. The number of carbonyl (C=O) groups excluding carboxylic acids is 1. The van der Waals surface area contributed by atoms with Crippen LogP contribution < -0.4 is 10.2 Å². The van der Waals surface area contributed by atoms with E-state index in [1.165, 1.54) is 11.1 Å². The molecule has 28 heavy (non-hydrogen) atoms. The highest BCUT2D eigenvalue weighted by molar-refractivity contribution is 5.82. The van der Waals surface area contributed by atoms with E-state index in [1.807, 2.05) is 45.0 Å². The Bertz CT molecular complexity index is 856. The molecule has 2 aromatic heterocycles. The third kappa shape index (κ3) is 4.86. The van der Waals surface area contributed by atoms with Gasteiger partial charge in [-0.05, 0) is 64.2 Å². The SMILES string of the molecule is CCCc1ccnc(-c2nc3c(c(N(C)CC(=O)NC(C)(C)C)n2)CCC3)c1. The Hall–Kier alpha value is -2.50. The molecule has 6 heteroatoms. The zero-order chi connectivity index (χ0) is 20.3. The first-order valence-electron chi connectivity index (χ1n) is 10.1. The maximum Gasteiger partial charge on any atom is 0.239 e. The van der Waals surface area contributed by atoms with Gasteiger partial charge < -0.3 is 10.2 Å². The maximum absolute atomic E-state index is 12.4. The monoisotopic (exact) mass is 381 g/mol. The zero-order valence-electron chi connectivity index (χ0n) is 17.7. The molecule has 0 aromatic carbocycles. The first-order valence-corrected chi connectivity index (χ1v) is 10.1. The Morgan fingerprint density at radius 2 is 2.04 bits per heavy atom. The third-order valence-electron chi connectivity index (χ3n) is 4.76. The molecule has 2 heterocycles. The molecule has 0 radical (unpaired) electrons. The number of amides is 1. The van der Waals surface area contributed by atoms with E-state index in [0.717, 1.165) is 49.3 Å². The second-order valence-corrected chi connectivity index (χ2v) is 8.60. The van der Waals surface area contributed by atoms with Gasteiger partial charge in [0.05, 0.1) is 6.54 Å². The predicted molar refractivity (Wildman–Crippen MR) is 112 cm³/mol. The van der Waals surface area contributed by atoms with Crippen LogP contribution in [0.2, 0.25) is 0 Å². The number of nitrogens with zero attached hydrogens (tertiary/aromatic N) is 4. The minimum Gasteiger partial charge on any atom is -0.350 e. The molecule has 6 nitrogen and oxygen atoms in total. The van der Waals surface area contributed by atoms with Crippen molar-refractivity contribution in [2.75, 3.05) is 18.5 Å². The van der Waals surface area contributed by atoms with E-state index in [0.29, 0.717) is 5.82 Å². The van der Waals surface area contributed by atoms with Crippen molar-refractivity contribution >= 4 is 11.7 Å². The summed E-state index contributed by atoms with van der Waals surface area (Å²) >= 11 is 0. The molecule has 1 amide bonds. The van der Waals surface area contributed by atoms with E-state index >= 15 is 0 Å². The number of nitrogens with one attached hydrogen (secondary N) is 1. The third-order valence-corrected chi connectivity index (χ3v) is 4.76. The fourth-order valence-corrected chi connectivity index (χ4v) is 3.63. The van der Waals surface area contributed by atoms with Gasteiger partial charge in [0.1, 0.15) is 11.5 Å². The van der Waals surface area contributed by atoms with Crippen LogP contribution in [0.15, 0.2) is 18.3 Å². The zero-order valence-corrected chi connectivity index (χ0v) is 17.7. The molecular weight excluding hydrogens is 350 g/mol. The molecule has 0 spiro atoms. The minimum absolute atomic E-state index is 0.00928. The van der Waals surface area contributed by atoms with Crippen LogP contribution in [0.5, 0.6) is 0 Å². The highest BCUT2D eigenvalue weighted by atomic mass is 16.2. The lowest BCUT2D eigenvalue weighted by Gasteiger charge is -2.25. The van der Waals surface area contributed by atoms with Crippen molar-refractivity contribution in [3.05, 3.63) is 35.2 Å². The second-order valence-electron chi connectivity index (χ2n) is 8.60. The normalized spacial score (nSPS) is 13.3. The molecule has 3 rings (SSSR count). The van der Waals surface area contributed by atoms with Gasteiger partial charge in [0.15, 0.2) is 5.82 Å². The summed E-state index contributed by atoms with van der Waals surface area (Å²) in [4.78, 5) is 28.5. The summed E-state index contributed by atoms with van der Waals surface area (Å²) in [6.45, 7) is 8.40. The molecule has 0 aliphatic heterocycles. The van der Waals surface area contributed by atoms with Crippen molar-refractivity contribution in [2.45, 2.75) is 65.3 Å². The first-order chi connectivity index (χ1) is 13.3. The van der Waals surface area contributed by atoms with Gasteiger partial charge >= 0.3 is 0 Å². The van der Waals surface area contributed by atoms with E-state index in [2.05, 4.69) is 23.3 Å². The van der Waals surface area contributed by atoms with Crippen molar-refractivity contribution in [3.63, 3.8) is 0 Å². The molecule has 0 fully saturated rings. The molecule has 1 aliphatic carbocycles. The van der Waals surface area contributed by atoms with Gasteiger partial charge in [0.2, 0.25) is 5.91 Å². The Morgan fingerprint density at radius 1 is 1.25 bits per heavy atom. The van der Waals surface area contributed by atoms with Crippen LogP contribution in [0.1, 0.15) is 57.4 Å². The lowest BCUT2D eigenvalue weighted by molar-refractivity contribution is -0.121. The lowest BCUT2D eigenvalue weighted by atomic mass is 10.1. The number of carbonyl (C=O) groups is 1. The summed E-state index contributed by atoms with van der Waals surface area (Å²) in [7, 11) is 1.92. The summed E-state index contributed by atoms with van der Waals surface area (Å²) in [5.41, 5.74) is 4.05. The van der Waals surface area contributed by atoms with Crippen molar-refractivity contribution in [3.8, 4) is 11.5 Å². The van der Waals surface area contributed by atoms with Crippen LogP contribution in [-0.4, -0.2) is 40.0 Å². The van der Waals surface area contributed by atoms with E-state index in [1.54, 1.807) is 0 Å². The predicted octanol–water partition coefficient (Wildman–Crippen LogP) is 3.33. The fourth-order valence-electron chi connectivity index (χ4n) is 3.63. The molecule has 1 N–H and O–H groups in total. The van der Waals surface area contributed by atoms with E-state index in [-0.39, 0.29) is 18.0 Å². The van der Waals surface area contributed by atoms with Crippen LogP contribution in [0, 0.1) is 0 Å². The number of pyridine rings is 1. The van der Waals surface area contributed by atoms with Gasteiger partial charge in [-0.2, -0.15) is 0 Å². The summed E-state index contributed by atoms with van der Waals surface area (Å²) in [5, 5.41) is 3.02. The highest BCUT2D eigenvalue weighted by Crippen LogP contribution is 2.30. The standard InChI is InChI=1S/C22H31N5O/c1-6-8-15-11-12-23-18(13-15)20-24-17-10-7-9-16(17)21(25-20)27(5)14-19(28)26-22(2,3)4/h11-13H,6-10,14H2,1-5H3,(H,26,28). The Labute approximate surface area is 167 Å². The van der Waals surface area contributed by atoms with Gasteiger partial charge in [0.25, 0.3) is 0 Å². The summed E-state index contributed by atoms with van der Waals surface area (Å²) in [6, 6.07) is 4.13. The lowest BCUT2D eigenvalue weighted by Crippen LogP contribution is -2.45. The first kappa shape index (κ1) is 20.2. The summed E-state index contributed by atoms with van der Waals surface area (Å²) in [5.74, 6) is 1.49. The number of aryl methyl sites for hydroxylation is 2. The van der Waals surface area contributed by atoms with Crippen LogP contribution >= 0.6 is 0 Å². The smallest absolute Gasteiger partial charge is 0.239 e. The molecule has 0 saturated carbocycles.